The fraction of sp³-hybridized carbons (Fsp3) is 0.190. The molecule has 2 aromatic heterocycles. The van der Waals surface area contributed by atoms with E-state index in [0.29, 0.717) is 21.7 Å². The first-order valence-electron chi connectivity index (χ1n) is 9.03. The fourth-order valence-electron chi connectivity index (χ4n) is 2.88. The van der Waals surface area contributed by atoms with Crippen LogP contribution in [0.5, 0.6) is 5.75 Å². The number of carbonyl (C=O) groups is 1. The van der Waals surface area contributed by atoms with E-state index in [9.17, 15) is 4.79 Å². The van der Waals surface area contributed by atoms with Crippen molar-refractivity contribution in [3.05, 3.63) is 64.3 Å². The molecule has 0 aliphatic heterocycles. The minimum atomic E-state index is -0.276. The van der Waals surface area contributed by atoms with Crippen molar-refractivity contribution in [2.24, 2.45) is 0 Å². The normalized spacial score (nSPS) is 11.0. The number of hydrogen-bond donors (Lipinski definition) is 1. The number of rotatable bonds is 5. The van der Waals surface area contributed by atoms with E-state index in [1.807, 2.05) is 57.2 Å². The third-order valence-corrected chi connectivity index (χ3v) is 5.85. The molecule has 0 spiro atoms. The highest BCUT2D eigenvalue weighted by atomic mass is 35.5. The van der Waals surface area contributed by atoms with Gasteiger partial charge in [-0.25, -0.2) is 4.98 Å². The van der Waals surface area contributed by atoms with Crippen molar-refractivity contribution in [2.75, 3.05) is 11.9 Å². The second-order valence-corrected chi connectivity index (χ2v) is 8.16. The van der Waals surface area contributed by atoms with Crippen LogP contribution in [0.2, 0.25) is 5.02 Å². The van der Waals surface area contributed by atoms with Crippen molar-refractivity contribution < 1.29 is 9.53 Å². The predicted molar refractivity (Wildman–Crippen MR) is 117 cm³/mol. The number of ether oxygens (including phenoxy) is 1. The Morgan fingerprint density at radius 1 is 1.17 bits per heavy atom. The zero-order chi connectivity index (χ0) is 20.5. The molecule has 6 nitrogen and oxygen atoms in total. The van der Waals surface area contributed by atoms with Gasteiger partial charge in [-0.1, -0.05) is 46.7 Å². The van der Waals surface area contributed by atoms with Gasteiger partial charge in [-0.15, -0.1) is 0 Å². The Morgan fingerprint density at radius 3 is 2.66 bits per heavy atom. The maximum Gasteiger partial charge on any atom is 0.263 e. The first kappa shape index (κ1) is 19.4. The summed E-state index contributed by atoms with van der Waals surface area (Å²) < 4.78 is 8.08. The van der Waals surface area contributed by atoms with Gasteiger partial charge in [-0.2, -0.15) is 9.78 Å². The van der Waals surface area contributed by atoms with Gasteiger partial charge in [0.25, 0.3) is 5.91 Å². The Morgan fingerprint density at radius 2 is 1.93 bits per heavy atom. The van der Waals surface area contributed by atoms with E-state index < -0.39 is 0 Å². The van der Waals surface area contributed by atoms with Gasteiger partial charge in [-0.05, 0) is 44.5 Å². The highest BCUT2D eigenvalue weighted by Gasteiger charge is 2.16. The zero-order valence-corrected chi connectivity index (χ0v) is 17.8. The van der Waals surface area contributed by atoms with E-state index in [1.165, 1.54) is 11.3 Å². The summed E-state index contributed by atoms with van der Waals surface area (Å²) in [5.74, 6) is 0.904. The lowest BCUT2D eigenvalue weighted by molar-refractivity contribution is -0.118. The number of nitrogens with one attached hydrogen (secondary N) is 1. The topological polar surface area (TPSA) is 69.0 Å². The number of carbonyl (C=O) groups excluding carboxylic acids is 1. The molecule has 1 amide bonds. The van der Waals surface area contributed by atoms with E-state index in [0.717, 1.165) is 27.0 Å². The number of aryl methyl sites for hydroxylation is 3. The summed E-state index contributed by atoms with van der Waals surface area (Å²) in [7, 11) is 0. The molecule has 1 N–H and O–H groups in total. The number of thiazole rings is 1. The Bertz CT molecular complexity index is 1160. The van der Waals surface area contributed by atoms with Crippen molar-refractivity contribution in [2.45, 2.75) is 20.8 Å². The first-order valence-corrected chi connectivity index (χ1v) is 10.2. The van der Waals surface area contributed by atoms with Crippen LogP contribution in [-0.4, -0.2) is 27.3 Å². The van der Waals surface area contributed by atoms with E-state index in [4.69, 9.17) is 16.3 Å². The highest BCUT2D eigenvalue weighted by Crippen LogP contribution is 2.34. The smallest absolute Gasteiger partial charge is 0.263 e. The molecule has 0 fully saturated rings. The molecule has 0 saturated heterocycles. The van der Waals surface area contributed by atoms with Gasteiger partial charge in [0.15, 0.2) is 6.61 Å². The van der Waals surface area contributed by atoms with Crippen LogP contribution >= 0.6 is 22.9 Å². The van der Waals surface area contributed by atoms with E-state index in [2.05, 4.69) is 15.4 Å². The van der Waals surface area contributed by atoms with Crippen LogP contribution < -0.4 is 10.1 Å². The van der Waals surface area contributed by atoms with Crippen molar-refractivity contribution in [1.29, 1.82) is 0 Å². The molecule has 4 aromatic rings. The number of aromatic nitrogens is 3. The van der Waals surface area contributed by atoms with Gasteiger partial charge >= 0.3 is 0 Å². The quantitative estimate of drug-likeness (QED) is 0.483. The Balaban J connectivity index is 1.55. The van der Waals surface area contributed by atoms with E-state index in [-0.39, 0.29) is 12.5 Å². The SMILES string of the molecule is Cc1ccc(OCC(=O)Nc2cc(C)nn2-c2nc3c(C)ccc(Cl)c3s2)cc1. The van der Waals surface area contributed by atoms with Crippen molar-refractivity contribution in [3.63, 3.8) is 0 Å². The van der Waals surface area contributed by atoms with Crippen LogP contribution in [0.15, 0.2) is 42.5 Å². The predicted octanol–water partition coefficient (Wildman–Crippen LogP) is 5.08. The molecule has 0 bridgehead atoms. The van der Waals surface area contributed by atoms with Gasteiger partial charge in [-0.3, -0.25) is 4.79 Å². The molecule has 2 aromatic carbocycles. The molecule has 0 aliphatic carbocycles. The second kappa shape index (κ2) is 7.85. The molecule has 2 heterocycles. The molecule has 0 aliphatic rings. The summed E-state index contributed by atoms with van der Waals surface area (Å²) in [6.07, 6.45) is 0. The first-order chi connectivity index (χ1) is 13.9. The van der Waals surface area contributed by atoms with Crippen molar-refractivity contribution >= 4 is 44.9 Å². The molecule has 4 rings (SSSR count). The molecule has 148 valence electrons. The van der Waals surface area contributed by atoms with Gasteiger partial charge in [0, 0.05) is 6.07 Å². The molecule has 0 atom stereocenters. The van der Waals surface area contributed by atoms with Gasteiger partial charge in [0.05, 0.1) is 20.9 Å². The molecule has 0 saturated carbocycles. The summed E-state index contributed by atoms with van der Waals surface area (Å²) in [5, 5.41) is 8.62. The lowest BCUT2D eigenvalue weighted by Crippen LogP contribution is -2.21. The van der Waals surface area contributed by atoms with Gasteiger partial charge in [0.2, 0.25) is 5.13 Å². The van der Waals surface area contributed by atoms with Crippen molar-refractivity contribution in [3.8, 4) is 10.9 Å². The average Bonchev–Trinajstić information content (AvgIpc) is 3.29. The van der Waals surface area contributed by atoms with Crippen LogP contribution in [0.1, 0.15) is 16.8 Å². The maximum atomic E-state index is 12.4. The molecular weight excluding hydrogens is 408 g/mol. The minimum Gasteiger partial charge on any atom is -0.484 e. The standard InChI is InChI=1S/C21H19ClN4O2S/c1-12-4-7-15(8-5-12)28-11-18(27)23-17-10-14(3)25-26(17)21-24-19-13(2)6-9-16(22)20(19)29-21/h4-10H,11H2,1-3H3,(H,23,27). The number of anilines is 1. The number of fused-ring (bicyclic) bond motifs is 1. The van der Waals surface area contributed by atoms with E-state index in [1.54, 1.807) is 10.7 Å². The highest BCUT2D eigenvalue weighted by molar-refractivity contribution is 7.21. The Kier molecular flexibility index (Phi) is 5.25. The summed E-state index contributed by atoms with van der Waals surface area (Å²) in [4.78, 5) is 17.1. The molecule has 0 radical (unpaired) electrons. The second-order valence-electron chi connectivity index (χ2n) is 6.77. The monoisotopic (exact) mass is 426 g/mol. The summed E-state index contributed by atoms with van der Waals surface area (Å²) in [6.45, 7) is 5.75. The lowest BCUT2D eigenvalue weighted by Gasteiger charge is -2.08. The van der Waals surface area contributed by atoms with Crippen LogP contribution in [-0.2, 0) is 4.79 Å². The number of amides is 1. The fourth-order valence-corrected chi connectivity index (χ4v) is 4.16. The summed E-state index contributed by atoms with van der Waals surface area (Å²) >= 11 is 7.75. The van der Waals surface area contributed by atoms with Crippen LogP contribution in [0.3, 0.4) is 0 Å². The lowest BCUT2D eigenvalue weighted by atomic mass is 10.2. The number of nitrogens with zero attached hydrogens (tertiary/aromatic N) is 3. The third-order valence-electron chi connectivity index (χ3n) is 4.36. The number of benzene rings is 2. The third kappa shape index (κ3) is 4.11. The minimum absolute atomic E-state index is 0.0991. The van der Waals surface area contributed by atoms with Gasteiger partial charge in [0.1, 0.15) is 11.6 Å². The van der Waals surface area contributed by atoms with Gasteiger partial charge < -0.3 is 10.1 Å². The summed E-state index contributed by atoms with van der Waals surface area (Å²) in [5.41, 5.74) is 3.77. The van der Waals surface area contributed by atoms with Crippen LogP contribution in [0.4, 0.5) is 5.82 Å². The van der Waals surface area contributed by atoms with E-state index >= 15 is 0 Å². The maximum absolute atomic E-state index is 12.4. The average molecular weight is 427 g/mol. The Hall–Kier alpha value is -2.90. The summed E-state index contributed by atoms with van der Waals surface area (Å²) in [6, 6.07) is 13.1. The molecule has 29 heavy (non-hydrogen) atoms. The molecule has 0 unspecified atom stereocenters. The largest absolute Gasteiger partial charge is 0.484 e. The van der Waals surface area contributed by atoms with Crippen LogP contribution in [0, 0.1) is 20.8 Å². The van der Waals surface area contributed by atoms with Crippen LogP contribution in [0.25, 0.3) is 15.3 Å². The number of hydrogen-bond acceptors (Lipinski definition) is 5. The zero-order valence-electron chi connectivity index (χ0n) is 16.2. The molecule has 8 heteroatoms. The van der Waals surface area contributed by atoms with Crippen molar-refractivity contribution in [1.82, 2.24) is 14.8 Å². The molecular formula is C21H19ClN4O2S. The number of halogens is 1. The Labute approximate surface area is 177 Å².